The van der Waals surface area contributed by atoms with Gasteiger partial charge in [-0.15, -0.1) is 0 Å². The first-order chi connectivity index (χ1) is 13.8. The Morgan fingerprint density at radius 3 is 2.55 bits per heavy atom. The van der Waals surface area contributed by atoms with Gasteiger partial charge in [-0.25, -0.2) is 4.39 Å². The molecule has 0 radical (unpaired) electrons. The summed E-state index contributed by atoms with van der Waals surface area (Å²) in [4.78, 5) is 39.7. The second-order valence-electron chi connectivity index (χ2n) is 6.75. The van der Waals surface area contributed by atoms with E-state index in [-0.39, 0.29) is 17.7 Å². The summed E-state index contributed by atoms with van der Waals surface area (Å²) >= 11 is 0. The number of nitriles is 1. The minimum Gasteiger partial charge on any atom is -0.465 e. The minimum atomic E-state index is -2.13. The molecular weight excluding hydrogens is 379 g/mol. The number of esters is 1. The van der Waals surface area contributed by atoms with Gasteiger partial charge in [0.15, 0.2) is 5.41 Å². The van der Waals surface area contributed by atoms with Gasteiger partial charge in [-0.3, -0.25) is 14.4 Å². The van der Waals surface area contributed by atoms with Gasteiger partial charge in [-0.05, 0) is 24.6 Å². The summed E-state index contributed by atoms with van der Waals surface area (Å²) < 4.78 is 19.9. The Hall–Kier alpha value is -3.67. The maximum absolute atomic E-state index is 14.8. The number of halogens is 1. The molecule has 2 aliphatic rings. The van der Waals surface area contributed by atoms with Crippen molar-refractivity contribution in [2.45, 2.75) is 24.9 Å². The zero-order chi connectivity index (χ0) is 21.3. The second kappa shape index (κ2) is 7.39. The number of amides is 2. The third-order valence-corrected chi connectivity index (χ3v) is 5.34. The lowest BCUT2D eigenvalue weighted by molar-refractivity contribution is -0.161. The van der Waals surface area contributed by atoms with Crippen molar-refractivity contribution in [2.24, 2.45) is 16.9 Å². The highest BCUT2D eigenvalue weighted by atomic mass is 19.1. The molecule has 1 aromatic carbocycles. The van der Waals surface area contributed by atoms with Crippen molar-refractivity contribution in [1.82, 2.24) is 4.90 Å². The number of allylic oxidation sites excluding steroid dienone is 2. The first-order valence-electron chi connectivity index (χ1n) is 8.89. The van der Waals surface area contributed by atoms with Crippen LogP contribution < -0.4 is 11.5 Å². The standard InChI is InChI=1S/C20H19FN4O4/c1-2-29-19(28)20(18(24)27)14-8-7-11(9-22)10-25(14)16(17(23)26)15(20)12-5-3-4-6-13(12)21/h3-8,10,14-16H,2H2,1H3,(H2,23,26)(H2,24,27)/t14-,15+,16+,20+/m1/s1. The molecule has 0 bridgehead atoms. The van der Waals surface area contributed by atoms with Crippen LogP contribution in [0.15, 0.2) is 48.2 Å². The monoisotopic (exact) mass is 398 g/mol. The summed E-state index contributed by atoms with van der Waals surface area (Å²) in [5, 5.41) is 9.24. The number of hydrogen-bond acceptors (Lipinski definition) is 6. The first-order valence-corrected chi connectivity index (χ1v) is 8.89. The van der Waals surface area contributed by atoms with Crippen LogP contribution in [0.2, 0.25) is 0 Å². The highest BCUT2D eigenvalue weighted by Crippen LogP contribution is 2.54. The lowest BCUT2D eigenvalue weighted by Gasteiger charge is -2.35. The highest BCUT2D eigenvalue weighted by molar-refractivity contribution is 6.06. The predicted octanol–water partition coefficient (Wildman–Crippen LogP) is 0.459. The Morgan fingerprint density at radius 1 is 1.31 bits per heavy atom. The maximum Gasteiger partial charge on any atom is 0.324 e. The van der Waals surface area contributed by atoms with Crippen LogP contribution in [0.3, 0.4) is 0 Å². The van der Waals surface area contributed by atoms with E-state index in [0.717, 1.165) is 6.07 Å². The summed E-state index contributed by atoms with van der Waals surface area (Å²) in [6.07, 6.45) is 4.13. The molecule has 1 aromatic rings. The smallest absolute Gasteiger partial charge is 0.324 e. The molecule has 1 fully saturated rings. The number of carbonyl (C=O) groups excluding carboxylic acids is 3. The van der Waals surface area contributed by atoms with Crippen LogP contribution in [0.25, 0.3) is 0 Å². The van der Waals surface area contributed by atoms with Crippen LogP contribution in [-0.2, 0) is 19.1 Å². The van der Waals surface area contributed by atoms with Crippen LogP contribution in [0.4, 0.5) is 4.39 Å². The van der Waals surface area contributed by atoms with E-state index >= 15 is 0 Å². The molecule has 9 heteroatoms. The van der Waals surface area contributed by atoms with Crippen molar-refractivity contribution in [3.05, 3.63) is 59.6 Å². The number of rotatable bonds is 5. The van der Waals surface area contributed by atoms with Gasteiger partial charge in [0.25, 0.3) is 0 Å². The molecule has 1 saturated heterocycles. The molecule has 3 rings (SSSR count). The van der Waals surface area contributed by atoms with Crippen molar-refractivity contribution >= 4 is 17.8 Å². The van der Waals surface area contributed by atoms with Gasteiger partial charge in [-0.1, -0.05) is 24.3 Å². The van der Waals surface area contributed by atoms with Crippen LogP contribution in [0, 0.1) is 22.6 Å². The van der Waals surface area contributed by atoms with Gasteiger partial charge in [0, 0.05) is 12.1 Å². The summed E-state index contributed by atoms with van der Waals surface area (Å²) in [7, 11) is 0. The van der Waals surface area contributed by atoms with E-state index in [2.05, 4.69) is 0 Å². The molecule has 2 aliphatic heterocycles. The van der Waals surface area contributed by atoms with Crippen LogP contribution >= 0.6 is 0 Å². The molecule has 150 valence electrons. The molecule has 2 heterocycles. The van der Waals surface area contributed by atoms with Gasteiger partial charge in [-0.2, -0.15) is 5.26 Å². The summed E-state index contributed by atoms with van der Waals surface area (Å²) in [6, 6.07) is 4.98. The van der Waals surface area contributed by atoms with E-state index in [0.29, 0.717) is 0 Å². The number of primary amides is 2. The molecule has 2 amide bonds. The fraction of sp³-hybridized carbons (Fsp3) is 0.300. The summed E-state index contributed by atoms with van der Waals surface area (Å²) in [6.45, 7) is 1.49. The van der Waals surface area contributed by atoms with Crippen LogP contribution in [0.1, 0.15) is 18.4 Å². The zero-order valence-electron chi connectivity index (χ0n) is 15.5. The molecule has 0 saturated carbocycles. The van der Waals surface area contributed by atoms with Crippen LogP contribution in [0.5, 0.6) is 0 Å². The fourth-order valence-electron chi connectivity index (χ4n) is 4.24. The lowest BCUT2D eigenvalue weighted by atomic mass is 9.67. The third-order valence-electron chi connectivity index (χ3n) is 5.34. The second-order valence-corrected chi connectivity index (χ2v) is 6.75. The van der Waals surface area contributed by atoms with Crippen LogP contribution in [-0.4, -0.2) is 41.4 Å². The number of carbonyl (C=O) groups is 3. The van der Waals surface area contributed by atoms with Crippen molar-refractivity contribution in [3.8, 4) is 6.07 Å². The van der Waals surface area contributed by atoms with Crippen molar-refractivity contribution in [3.63, 3.8) is 0 Å². The molecule has 0 spiro atoms. The minimum absolute atomic E-state index is 0.0607. The number of nitrogens with two attached hydrogens (primary N) is 2. The van der Waals surface area contributed by atoms with Gasteiger partial charge < -0.3 is 21.1 Å². The summed E-state index contributed by atoms with van der Waals surface area (Å²) in [5.74, 6) is -5.06. The Morgan fingerprint density at radius 2 is 2.00 bits per heavy atom. The molecule has 8 nitrogen and oxygen atoms in total. The molecule has 0 aromatic heterocycles. The number of fused-ring (bicyclic) bond motifs is 1. The Kier molecular flexibility index (Phi) is 5.12. The number of benzene rings is 1. The Bertz CT molecular complexity index is 983. The lowest BCUT2D eigenvalue weighted by Crippen LogP contribution is -2.55. The normalized spacial score (nSPS) is 27.6. The largest absolute Gasteiger partial charge is 0.465 e. The first kappa shape index (κ1) is 20.1. The highest BCUT2D eigenvalue weighted by Gasteiger charge is 2.69. The zero-order valence-corrected chi connectivity index (χ0v) is 15.5. The van der Waals surface area contributed by atoms with Crippen molar-refractivity contribution in [1.29, 1.82) is 5.26 Å². The molecule has 29 heavy (non-hydrogen) atoms. The molecule has 4 N–H and O–H groups in total. The van der Waals surface area contributed by atoms with Gasteiger partial charge in [0.2, 0.25) is 11.8 Å². The molecule has 4 atom stereocenters. The molecular formula is C20H19FN4O4. The van der Waals surface area contributed by atoms with Gasteiger partial charge >= 0.3 is 5.97 Å². The SMILES string of the molecule is CCOC(=O)[C@]1(C(N)=O)[C@@H](c2ccccc2F)[C@@H](C(N)=O)N2C=C(C#N)C=C[C@@H]21. The van der Waals surface area contributed by atoms with E-state index in [4.69, 9.17) is 16.2 Å². The molecule has 0 unspecified atom stereocenters. The predicted molar refractivity (Wildman–Crippen MR) is 98.8 cm³/mol. The van der Waals surface area contributed by atoms with Crippen molar-refractivity contribution < 1.29 is 23.5 Å². The summed E-state index contributed by atoms with van der Waals surface area (Å²) in [5.41, 5.74) is 9.30. The van der Waals surface area contributed by atoms with E-state index in [1.165, 1.54) is 41.5 Å². The van der Waals surface area contributed by atoms with E-state index < -0.39 is 47.0 Å². The number of nitrogens with zero attached hydrogens (tertiary/aromatic N) is 2. The fourth-order valence-corrected chi connectivity index (χ4v) is 4.24. The van der Waals surface area contributed by atoms with E-state index in [1.54, 1.807) is 6.92 Å². The number of hydrogen-bond donors (Lipinski definition) is 2. The molecule has 0 aliphatic carbocycles. The average molecular weight is 398 g/mol. The maximum atomic E-state index is 14.8. The van der Waals surface area contributed by atoms with Gasteiger partial charge in [0.1, 0.15) is 17.9 Å². The Balaban J connectivity index is 2.37. The van der Waals surface area contributed by atoms with E-state index in [1.807, 2.05) is 6.07 Å². The quantitative estimate of drug-likeness (QED) is 0.545. The van der Waals surface area contributed by atoms with Gasteiger partial charge in [0.05, 0.1) is 18.2 Å². The van der Waals surface area contributed by atoms with E-state index in [9.17, 15) is 24.0 Å². The Labute approximate surface area is 166 Å². The number of ether oxygens (including phenoxy) is 1. The van der Waals surface area contributed by atoms with Crippen molar-refractivity contribution in [2.75, 3.05) is 6.61 Å². The average Bonchev–Trinajstić information content (AvgIpc) is 2.99. The third kappa shape index (κ3) is 2.84. The topological polar surface area (TPSA) is 140 Å².